The van der Waals surface area contributed by atoms with Gasteiger partial charge in [-0.15, -0.1) is 12.4 Å². The van der Waals surface area contributed by atoms with E-state index in [1.54, 1.807) is 0 Å². The van der Waals surface area contributed by atoms with Gasteiger partial charge in [0, 0.05) is 25.3 Å². The fraction of sp³-hybridized carbons (Fsp3) is 0.300. The predicted octanol–water partition coefficient (Wildman–Crippen LogP) is 2.78. The van der Waals surface area contributed by atoms with Crippen LogP contribution in [0.25, 0.3) is 22.4 Å². The average Bonchev–Trinajstić information content (AvgIpc) is 3.11. The van der Waals surface area contributed by atoms with Crippen LogP contribution in [0.5, 0.6) is 0 Å². The lowest BCUT2D eigenvalue weighted by Crippen LogP contribution is -2.56. The van der Waals surface area contributed by atoms with Crippen LogP contribution in [0.3, 0.4) is 0 Å². The summed E-state index contributed by atoms with van der Waals surface area (Å²) < 4.78 is 5.29. The number of amides is 1. The number of rotatable bonds is 4. The van der Waals surface area contributed by atoms with Crippen molar-refractivity contribution in [1.82, 2.24) is 15.3 Å². The summed E-state index contributed by atoms with van der Waals surface area (Å²) in [5.74, 6) is 0.729. The minimum Gasteiger partial charge on any atom is -0.381 e. The van der Waals surface area contributed by atoms with E-state index >= 15 is 0 Å². The largest absolute Gasteiger partial charge is 0.381 e. The molecular weight excluding hydrogens is 364 g/mol. The Labute approximate surface area is 163 Å². The van der Waals surface area contributed by atoms with Crippen LogP contribution in [0.2, 0.25) is 0 Å². The molecule has 0 atom stereocenters. The van der Waals surface area contributed by atoms with Crippen LogP contribution in [-0.2, 0) is 16.1 Å². The van der Waals surface area contributed by atoms with Gasteiger partial charge < -0.3 is 20.8 Å². The Hall–Kier alpha value is -2.41. The maximum atomic E-state index is 12.4. The number of nitrogens with one attached hydrogen (secondary N) is 2. The number of carbonyl (C=O) groups is 1. The second kappa shape index (κ2) is 8.08. The van der Waals surface area contributed by atoms with Crippen LogP contribution in [0.1, 0.15) is 18.4 Å². The van der Waals surface area contributed by atoms with Gasteiger partial charge in [-0.25, -0.2) is 4.98 Å². The third-order valence-electron chi connectivity index (χ3n) is 4.91. The Morgan fingerprint density at radius 2 is 1.85 bits per heavy atom. The second-order valence-electron chi connectivity index (χ2n) is 6.75. The van der Waals surface area contributed by atoms with Gasteiger partial charge in [0.15, 0.2) is 0 Å². The maximum absolute atomic E-state index is 12.4. The van der Waals surface area contributed by atoms with Gasteiger partial charge in [0.2, 0.25) is 5.91 Å². The Morgan fingerprint density at radius 1 is 1.15 bits per heavy atom. The molecule has 0 saturated carbocycles. The molecule has 6 nitrogen and oxygen atoms in total. The van der Waals surface area contributed by atoms with E-state index in [9.17, 15) is 4.79 Å². The van der Waals surface area contributed by atoms with Crippen molar-refractivity contribution in [3.8, 4) is 11.4 Å². The van der Waals surface area contributed by atoms with Crippen molar-refractivity contribution in [3.63, 3.8) is 0 Å². The number of aromatic nitrogens is 2. The third kappa shape index (κ3) is 4.13. The lowest BCUT2D eigenvalue weighted by molar-refractivity contribution is -0.129. The molecule has 3 aromatic rings. The summed E-state index contributed by atoms with van der Waals surface area (Å²) in [7, 11) is 0. The molecule has 1 saturated heterocycles. The third-order valence-corrected chi connectivity index (χ3v) is 4.91. The molecule has 0 unspecified atom stereocenters. The summed E-state index contributed by atoms with van der Waals surface area (Å²) in [6.45, 7) is 1.53. The van der Waals surface area contributed by atoms with Crippen molar-refractivity contribution in [2.45, 2.75) is 24.9 Å². The summed E-state index contributed by atoms with van der Waals surface area (Å²) >= 11 is 0. The van der Waals surface area contributed by atoms with Crippen molar-refractivity contribution in [2.75, 3.05) is 13.2 Å². The van der Waals surface area contributed by atoms with E-state index in [0.29, 0.717) is 32.6 Å². The van der Waals surface area contributed by atoms with Crippen LogP contribution in [-0.4, -0.2) is 34.6 Å². The number of imidazole rings is 1. The SMILES string of the molecule is Cl.NC1(C(=O)NCc2ccc(-c3nc4ccccc4[nH]3)cc2)CCOCC1. The summed E-state index contributed by atoms with van der Waals surface area (Å²) in [5.41, 5.74) is 9.38. The highest BCUT2D eigenvalue weighted by Crippen LogP contribution is 2.21. The quantitative estimate of drug-likeness (QED) is 0.642. The number of hydrogen-bond donors (Lipinski definition) is 3. The number of para-hydroxylation sites is 2. The van der Waals surface area contributed by atoms with Crippen LogP contribution in [0.15, 0.2) is 48.5 Å². The van der Waals surface area contributed by atoms with Crippen molar-refractivity contribution >= 4 is 29.3 Å². The van der Waals surface area contributed by atoms with E-state index < -0.39 is 5.54 Å². The fourth-order valence-corrected chi connectivity index (χ4v) is 3.19. The lowest BCUT2D eigenvalue weighted by Gasteiger charge is -2.31. The van der Waals surface area contributed by atoms with Gasteiger partial charge in [-0.3, -0.25) is 4.79 Å². The first-order valence-corrected chi connectivity index (χ1v) is 8.83. The Bertz CT molecular complexity index is 884. The summed E-state index contributed by atoms with van der Waals surface area (Å²) in [6.07, 6.45) is 1.12. The molecular formula is C20H23ClN4O2. The highest BCUT2D eigenvalue weighted by atomic mass is 35.5. The molecule has 0 spiro atoms. The number of ether oxygens (including phenoxy) is 1. The Morgan fingerprint density at radius 3 is 2.56 bits per heavy atom. The van der Waals surface area contributed by atoms with Crippen LogP contribution in [0.4, 0.5) is 0 Å². The molecule has 1 fully saturated rings. The molecule has 2 heterocycles. The number of carbonyl (C=O) groups excluding carboxylic acids is 1. The number of aromatic amines is 1. The van der Waals surface area contributed by atoms with Gasteiger partial charge in [-0.05, 0) is 30.5 Å². The second-order valence-corrected chi connectivity index (χ2v) is 6.75. The molecule has 7 heteroatoms. The average molecular weight is 387 g/mol. The van der Waals surface area contributed by atoms with E-state index in [0.717, 1.165) is 28.0 Å². The smallest absolute Gasteiger partial charge is 0.240 e. The highest BCUT2D eigenvalue weighted by molar-refractivity contribution is 5.86. The maximum Gasteiger partial charge on any atom is 0.240 e. The van der Waals surface area contributed by atoms with Crippen molar-refractivity contribution in [3.05, 3.63) is 54.1 Å². The van der Waals surface area contributed by atoms with Crippen LogP contribution < -0.4 is 11.1 Å². The molecule has 0 bridgehead atoms. The molecule has 4 N–H and O–H groups in total. The van der Waals surface area contributed by atoms with Gasteiger partial charge in [-0.1, -0.05) is 36.4 Å². The molecule has 1 aromatic heterocycles. The van der Waals surface area contributed by atoms with E-state index in [1.807, 2.05) is 48.5 Å². The van der Waals surface area contributed by atoms with E-state index in [2.05, 4.69) is 15.3 Å². The van der Waals surface area contributed by atoms with Gasteiger partial charge in [0.05, 0.1) is 16.6 Å². The minimum absolute atomic E-state index is 0. The summed E-state index contributed by atoms with van der Waals surface area (Å²) in [5, 5.41) is 2.95. The first kappa shape index (κ1) is 19.4. The Kier molecular flexibility index (Phi) is 5.79. The Balaban J connectivity index is 0.00000210. The van der Waals surface area contributed by atoms with Crippen molar-refractivity contribution < 1.29 is 9.53 Å². The van der Waals surface area contributed by atoms with E-state index in [1.165, 1.54) is 0 Å². The number of H-pyrrole nitrogens is 1. The molecule has 0 radical (unpaired) electrons. The van der Waals surface area contributed by atoms with Crippen LogP contribution in [0, 0.1) is 0 Å². The zero-order valence-corrected chi connectivity index (χ0v) is 15.7. The van der Waals surface area contributed by atoms with Crippen LogP contribution >= 0.6 is 12.4 Å². The minimum atomic E-state index is -0.813. The molecule has 1 aliphatic heterocycles. The number of nitrogens with two attached hydrogens (primary N) is 1. The zero-order valence-electron chi connectivity index (χ0n) is 14.9. The lowest BCUT2D eigenvalue weighted by atomic mass is 9.90. The van der Waals surface area contributed by atoms with Gasteiger partial charge in [0.1, 0.15) is 5.82 Å². The summed E-state index contributed by atoms with van der Waals surface area (Å²) in [4.78, 5) is 20.3. The molecule has 27 heavy (non-hydrogen) atoms. The summed E-state index contributed by atoms with van der Waals surface area (Å²) in [6, 6.07) is 16.0. The number of fused-ring (bicyclic) bond motifs is 1. The monoisotopic (exact) mass is 386 g/mol. The zero-order chi connectivity index (χ0) is 18.0. The first-order valence-electron chi connectivity index (χ1n) is 8.83. The molecule has 1 aliphatic rings. The predicted molar refractivity (Wildman–Crippen MR) is 108 cm³/mol. The molecule has 2 aromatic carbocycles. The molecule has 1 amide bonds. The number of hydrogen-bond acceptors (Lipinski definition) is 4. The normalized spacial score (nSPS) is 15.9. The topological polar surface area (TPSA) is 93.0 Å². The van der Waals surface area contributed by atoms with Crippen molar-refractivity contribution in [2.24, 2.45) is 5.73 Å². The van der Waals surface area contributed by atoms with E-state index in [4.69, 9.17) is 10.5 Å². The van der Waals surface area contributed by atoms with Gasteiger partial charge in [-0.2, -0.15) is 0 Å². The number of nitrogens with zero attached hydrogens (tertiary/aromatic N) is 1. The molecule has 4 rings (SSSR count). The van der Waals surface area contributed by atoms with Gasteiger partial charge in [0.25, 0.3) is 0 Å². The standard InChI is InChI=1S/C20H22N4O2.ClH/c21-20(9-11-26-12-10-20)19(25)22-13-14-5-7-15(8-6-14)18-23-16-3-1-2-4-17(16)24-18;/h1-8H,9-13,21H2,(H,22,25)(H,23,24);1H. The molecule has 0 aliphatic carbocycles. The number of benzene rings is 2. The van der Waals surface area contributed by atoms with Crippen molar-refractivity contribution in [1.29, 1.82) is 0 Å². The molecule has 142 valence electrons. The highest BCUT2D eigenvalue weighted by Gasteiger charge is 2.35. The van der Waals surface area contributed by atoms with E-state index in [-0.39, 0.29) is 18.3 Å². The first-order chi connectivity index (χ1) is 12.6. The van der Waals surface area contributed by atoms with Gasteiger partial charge >= 0.3 is 0 Å². The fourth-order valence-electron chi connectivity index (χ4n) is 3.19. The number of halogens is 1.